The average Bonchev–Trinajstić information content (AvgIpc) is 3.12. The molecular weight excluding hydrogens is 334 g/mol. The summed E-state index contributed by atoms with van der Waals surface area (Å²) in [7, 11) is 0. The van der Waals surface area contributed by atoms with Gasteiger partial charge in [0.15, 0.2) is 0 Å². The predicted molar refractivity (Wildman–Crippen MR) is 109 cm³/mol. The zero-order valence-corrected chi connectivity index (χ0v) is 15.8. The molecule has 1 N–H and O–H groups in total. The van der Waals surface area contributed by atoms with E-state index in [9.17, 15) is 5.11 Å². The first-order chi connectivity index (χ1) is 13.0. The molecule has 1 heterocycles. The van der Waals surface area contributed by atoms with Crippen LogP contribution in [0.4, 0.5) is 0 Å². The van der Waals surface area contributed by atoms with Gasteiger partial charge in [0, 0.05) is 5.56 Å². The van der Waals surface area contributed by atoms with E-state index in [0.717, 1.165) is 34.1 Å². The Morgan fingerprint density at radius 1 is 0.852 bits per heavy atom. The van der Waals surface area contributed by atoms with Crippen LogP contribution in [0, 0.1) is 0 Å². The fourth-order valence-electron chi connectivity index (χ4n) is 3.24. The maximum absolute atomic E-state index is 11.1. The van der Waals surface area contributed by atoms with Gasteiger partial charge in [-0.25, -0.2) is 0 Å². The van der Waals surface area contributed by atoms with Gasteiger partial charge in [0.1, 0.15) is 22.5 Å². The number of benzene rings is 3. The number of hydrogen-bond donors (Lipinski definition) is 1. The van der Waals surface area contributed by atoms with Crippen molar-refractivity contribution in [3.63, 3.8) is 0 Å². The van der Waals surface area contributed by atoms with E-state index < -0.39 is 0 Å². The van der Waals surface area contributed by atoms with E-state index in [4.69, 9.17) is 0 Å². The van der Waals surface area contributed by atoms with Gasteiger partial charge < -0.3 is 5.11 Å². The van der Waals surface area contributed by atoms with Crippen molar-refractivity contribution in [3.05, 3.63) is 72.3 Å². The highest BCUT2D eigenvalue weighted by molar-refractivity contribution is 5.75. The van der Waals surface area contributed by atoms with Crippen LogP contribution in [0.2, 0.25) is 0 Å². The number of nitrogens with zero attached hydrogens (tertiary/aromatic N) is 3. The zero-order valence-electron chi connectivity index (χ0n) is 15.8. The molecule has 136 valence electrons. The van der Waals surface area contributed by atoms with Crippen molar-refractivity contribution in [2.24, 2.45) is 0 Å². The normalized spacial score (nSPS) is 11.8. The van der Waals surface area contributed by atoms with E-state index in [1.807, 2.05) is 48.5 Å². The summed E-state index contributed by atoms with van der Waals surface area (Å²) in [6.07, 6.45) is 0.909. The number of aromatic nitrogens is 3. The lowest BCUT2D eigenvalue weighted by Crippen LogP contribution is -2.17. The summed E-state index contributed by atoms with van der Waals surface area (Å²) in [6, 6.07) is 22.0. The molecule has 0 amide bonds. The van der Waals surface area contributed by atoms with Gasteiger partial charge >= 0.3 is 0 Å². The third-order valence-electron chi connectivity index (χ3n) is 5.31. The van der Waals surface area contributed by atoms with Crippen molar-refractivity contribution in [1.29, 1.82) is 0 Å². The molecule has 4 nitrogen and oxygen atoms in total. The van der Waals surface area contributed by atoms with E-state index in [0.29, 0.717) is 5.69 Å². The molecule has 3 aromatic carbocycles. The smallest absolute Gasteiger partial charge is 0.146 e. The Labute approximate surface area is 159 Å². The van der Waals surface area contributed by atoms with Gasteiger partial charge in [0.2, 0.25) is 0 Å². The van der Waals surface area contributed by atoms with Crippen LogP contribution < -0.4 is 0 Å². The van der Waals surface area contributed by atoms with Crippen LogP contribution in [0.25, 0.3) is 27.8 Å². The summed E-state index contributed by atoms with van der Waals surface area (Å²) in [6.45, 7) is 6.43. The van der Waals surface area contributed by atoms with Crippen LogP contribution in [0.5, 0.6) is 5.75 Å². The summed E-state index contributed by atoms with van der Waals surface area (Å²) in [5.74, 6) is 0.238. The first kappa shape index (κ1) is 17.3. The van der Waals surface area contributed by atoms with Gasteiger partial charge in [-0.3, -0.25) is 0 Å². The largest absolute Gasteiger partial charge is 0.505 e. The molecule has 0 radical (unpaired) electrons. The van der Waals surface area contributed by atoms with Gasteiger partial charge in [-0.15, -0.1) is 15.0 Å². The summed E-state index contributed by atoms with van der Waals surface area (Å²) in [5.41, 5.74) is 5.09. The standard InChI is InChI=1S/C23H23N3O/c1-4-23(2,3)18-14-17(16-10-6-5-7-11-16)15-21(22(18)27)26-24-19-12-8-9-13-20(19)25-26/h5-15,27H,4H2,1-3H3. The van der Waals surface area contributed by atoms with Gasteiger partial charge in [-0.05, 0) is 47.2 Å². The number of hydrogen-bond acceptors (Lipinski definition) is 3. The molecule has 0 atom stereocenters. The second kappa shape index (κ2) is 6.54. The zero-order chi connectivity index (χ0) is 19.0. The van der Waals surface area contributed by atoms with E-state index in [1.165, 1.54) is 0 Å². The molecule has 4 aromatic rings. The lowest BCUT2D eigenvalue weighted by Gasteiger charge is -2.26. The van der Waals surface area contributed by atoms with Gasteiger partial charge in [0.05, 0.1) is 0 Å². The van der Waals surface area contributed by atoms with Crippen LogP contribution in [-0.4, -0.2) is 20.1 Å². The molecule has 0 spiro atoms. The molecule has 0 aliphatic heterocycles. The monoisotopic (exact) mass is 357 g/mol. The number of fused-ring (bicyclic) bond motifs is 1. The minimum atomic E-state index is -0.170. The fourth-order valence-corrected chi connectivity index (χ4v) is 3.24. The first-order valence-corrected chi connectivity index (χ1v) is 9.25. The highest BCUT2D eigenvalue weighted by Gasteiger charge is 2.26. The van der Waals surface area contributed by atoms with Crippen molar-refractivity contribution in [1.82, 2.24) is 15.0 Å². The molecule has 0 aliphatic carbocycles. The second-order valence-electron chi connectivity index (χ2n) is 7.47. The molecule has 0 aliphatic rings. The molecular formula is C23H23N3O. The number of aromatic hydroxyl groups is 1. The Morgan fingerprint density at radius 2 is 1.44 bits per heavy atom. The highest BCUT2D eigenvalue weighted by Crippen LogP contribution is 2.40. The summed E-state index contributed by atoms with van der Waals surface area (Å²) >= 11 is 0. The minimum absolute atomic E-state index is 0.170. The molecule has 0 fully saturated rings. The SMILES string of the molecule is CCC(C)(C)c1cc(-c2ccccc2)cc(-n2nc3ccccc3n2)c1O. The summed E-state index contributed by atoms with van der Waals surface area (Å²) in [4.78, 5) is 1.54. The number of phenolic OH excluding ortho intramolecular Hbond substituents is 1. The van der Waals surface area contributed by atoms with Crippen LogP contribution in [0.1, 0.15) is 32.8 Å². The molecule has 1 aromatic heterocycles. The predicted octanol–water partition coefficient (Wildman–Crippen LogP) is 5.48. The third-order valence-corrected chi connectivity index (χ3v) is 5.31. The van der Waals surface area contributed by atoms with Gasteiger partial charge in [0.25, 0.3) is 0 Å². The van der Waals surface area contributed by atoms with Gasteiger partial charge in [-0.1, -0.05) is 63.2 Å². The van der Waals surface area contributed by atoms with E-state index in [2.05, 4.69) is 49.2 Å². The molecule has 4 rings (SSSR count). The Kier molecular flexibility index (Phi) is 4.19. The lowest BCUT2D eigenvalue weighted by atomic mass is 9.80. The fraction of sp³-hybridized carbons (Fsp3) is 0.217. The van der Waals surface area contributed by atoms with Crippen LogP contribution in [0.15, 0.2) is 66.7 Å². The highest BCUT2D eigenvalue weighted by atomic mass is 16.3. The van der Waals surface area contributed by atoms with Crippen molar-refractivity contribution in [3.8, 4) is 22.6 Å². The van der Waals surface area contributed by atoms with Crippen molar-refractivity contribution >= 4 is 11.0 Å². The van der Waals surface area contributed by atoms with Crippen LogP contribution in [0.3, 0.4) is 0 Å². The molecule has 27 heavy (non-hydrogen) atoms. The van der Waals surface area contributed by atoms with Crippen molar-refractivity contribution in [2.45, 2.75) is 32.6 Å². The Bertz CT molecular complexity index is 1060. The van der Waals surface area contributed by atoms with Crippen molar-refractivity contribution in [2.75, 3.05) is 0 Å². The minimum Gasteiger partial charge on any atom is -0.505 e. The van der Waals surface area contributed by atoms with E-state index in [-0.39, 0.29) is 11.2 Å². The first-order valence-electron chi connectivity index (χ1n) is 9.25. The van der Waals surface area contributed by atoms with E-state index >= 15 is 0 Å². The molecule has 0 unspecified atom stereocenters. The Balaban J connectivity index is 1.98. The van der Waals surface area contributed by atoms with Crippen molar-refractivity contribution < 1.29 is 5.11 Å². The third kappa shape index (κ3) is 3.08. The lowest BCUT2D eigenvalue weighted by molar-refractivity contribution is 0.424. The number of phenols is 1. The second-order valence-corrected chi connectivity index (χ2v) is 7.47. The topological polar surface area (TPSA) is 50.9 Å². The summed E-state index contributed by atoms with van der Waals surface area (Å²) < 4.78 is 0. The molecule has 0 saturated carbocycles. The maximum atomic E-state index is 11.1. The van der Waals surface area contributed by atoms with E-state index in [1.54, 1.807) is 4.80 Å². The molecule has 4 heteroatoms. The maximum Gasteiger partial charge on any atom is 0.146 e. The number of rotatable bonds is 4. The van der Waals surface area contributed by atoms with Gasteiger partial charge in [-0.2, -0.15) is 0 Å². The quantitative estimate of drug-likeness (QED) is 0.526. The Morgan fingerprint density at radius 3 is 2.04 bits per heavy atom. The van der Waals surface area contributed by atoms with Crippen LogP contribution in [-0.2, 0) is 5.41 Å². The Hall–Kier alpha value is -3.14. The van der Waals surface area contributed by atoms with Crippen LogP contribution >= 0.6 is 0 Å². The molecule has 0 bridgehead atoms. The molecule has 0 saturated heterocycles. The average molecular weight is 357 g/mol. The summed E-state index contributed by atoms with van der Waals surface area (Å²) in [5, 5.41) is 20.3.